The van der Waals surface area contributed by atoms with Crippen LogP contribution in [0.1, 0.15) is 87.8 Å². The van der Waals surface area contributed by atoms with E-state index in [-0.39, 0.29) is 49.6 Å². The van der Waals surface area contributed by atoms with Gasteiger partial charge in [-0.15, -0.1) is 49.6 Å². The number of benzene rings is 3. The van der Waals surface area contributed by atoms with Crippen molar-refractivity contribution in [3.05, 3.63) is 197 Å². The minimum Gasteiger partial charge on any atom is -0.147 e. The molecule has 286 valence electrons. The van der Waals surface area contributed by atoms with Crippen molar-refractivity contribution in [2.75, 3.05) is 0 Å². The van der Waals surface area contributed by atoms with E-state index in [1.165, 1.54) is 74.5 Å². The SMILES string of the molecule is C/[C](c1ccccc1)=[Hf](/[C]1=CC=CC1)[CH]1C=CC2=C1CCCC2.C1=CC[C]([Hf](=[C](c2ccccc2)c2ccccc2)[CH]2C=CC3=C2CCCC3)=C1.Cl.Cl.Cl.Cl. The number of halogens is 4. The van der Waals surface area contributed by atoms with Gasteiger partial charge in [-0.2, -0.15) is 0 Å². The molecule has 2 unspecified atom stereocenters. The van der Waals surface area contributed by atoms with E-state index >= 15 is 0 Å². The molecule has 2 atom stereocenters. The van der Waals surface area contributed by atoms with Crippen molar-refractivity contribution < 1.29 is 41.9 Å². The molecule has 0 bridgehead atoms. The van der Waals surface area contributed by atoms with Gasteiger partial charge in [0, 0.05) is 0 Å². The Kier molecular flexibility index (Phi) is 18.7. The second-order valence-electron chi connectivity index (χ2n) is 14.8. The molecule has 0 aliphatic heterocycles. The van der Waals surface area contributed by atoms with Gasteiger partial charge in [-0.25, -0.2) is 0 Å². The summed E-state index contributed by atoms with van der Waals surface area (Å²) in [7, 11) is 0. The molecule has 3 aromatic carbocycles. The monoisotopic (exact) mass is 1140 g/mol. The molecular formula is C49H54Cl4Hf2. The zero-order chi connectivity index (χ0) is 34.4. The molecule has 0 aromatic heterocycles. The van der Waals surface area contributed by atoms with E-state index in [9.17, 15) is 0 Å². The van der Waals surface area contributed by atoms with Gasteiger partial charge in [0.1, 0.15) is 0 Å². The fourth-order valence-corrected chi connectivity index (χ4v) is 34.3. The minimum atomic E-state index is -2.41. The summed E-state index contributed by atoms with van der Waals surface area (Å²) in [6, 6.07) is 33.6. The molecule has 0 N–H and O–H groups in total. The molecule has 6 aliphatic rings. The maximum atomic E-state index is 2.60. The average Bonchev–Trinajstić information content (AvgIpc) is 4.04. The van der Waals surface area contributed by atoms with Crippen LogP contribution in [0.3, 0.4) is 0 Å². The molecule has 9 rings (SSSR count). The van der Waals surface area contributed by atoms with Crippen LogP contribution in [-0.2, 0) is 41.9 Å². The first-order valence-corrected chi connectivity index (χ1v) is 30.7. The largest absolute Gasteiger partial charge is 0.147 e. The first-order valence-electron chi connectivity index (χ1n) is 19.4. The summed E-state index contributed by atoms with van der Waals surface area (Å²) in [6.07, 6.45) is 37.6. The zero-order valence-electron chi connectivity index (χ0n) is 31.8. The minimum absolute atomic E-state index is 0. The third kappa shape index (κ3) is 10.5. The molecule has 6 heteroatoms. The summed E-state index contributed by atoms with van der Waals surface area (Å²) in [6.45, 7) is 2.44. The van der Waals surface area contributed by atoms with Crippen LogP contribution in [0.25, 0.3) is 0 Å². The predicted octanol–water partition coefficient (Wildman–Crippen LogP) is 14.6. The quantitative estimate of drug-likeness (QED) is 0.207. The maximum Gasteiger partial charge on any atom is -0.147 e. The Morgan fingerprint density at radius 1 is 0.491 bits per heavy atom. The van der Waals surface area contributed by atoms with Gasteiger partial charge in [0.25, 0.3) is 0 Å². The van der Waals surface area contributed by atoms with Gasteiger partial charge in [0.2, 0.25) is 0 Å². The number of hydrogen-bond acceptors (Lipinski definition) is 0. The second-order valence-corrected chi connectivity index (χ2v) is 34.3. The van der Waals surface area contributed by atoms with Crippen molar-refractivity contribution in [1.82, 2.24) is 0 Å². The molecule has 0 saturated carbocycles. The predicted molar refractivity (Wildman–Crippen MR) is 242 cm³/mol. The van der Waals surface area contributed by atoms with Crippen molar-refractivity contribution in [2.45, 2.75) is 78.5 Å². The van der Waals surface area contributed by atoms with Gasteiger partial charge < -0.3 is 0 Å². The Labute approximate surface area is 370 Å². The molecule has 3 aromatic rings. The van der Waals surface area contributed by atoms with Crippen LogP contribution in [0.15, 0.2) is 181 Å². The van der Waals surface area contributed by atoms with Crippen molar-refractivity contribution >= 4 is 56.1 Å². The Bertz CT molecular complexity index is 2050. The van der Waals surface area contributed by atoms with Crippen LogP contribution in [0, 0.1) is 0 Å². The van der Waals surface area contributed by atoms with Crippen molar-refractivity contribution in [3.63, 3.8) is 0 Å². The summed E-state index contributed by atoms with van der Waals surface area (Å²) in [4.78, 5) is 0. The normalized spacial score (nSPS) is 20.3. The molecule has 0 saturated heterocycles. The van der Waals surface area contributed by atoms with Crippen LogP contribution in [-0.4, -0.2) is 6.51 Å². The fraction of sp³-hybridized carbons (Fsp3) is 0.265. The summed E-state index contributed by atoms with van der Waals surface area (Å²) < 4.78 is 8.49. The van der Waals surface area contributed by atoms with Crippen LogP contribution in [0.5, 0.6) is 0 Å². The first kappa shape index (κ1) is 45.9. The first-order chi connectivity index (χ1) is 25.3. The Hall–Kier alpha value is -1.78. The van der Waals surface area contributed by atoms with Crippen LogP contribution < -0.4 is 0 Å². The third-order valence-electron chi connectivity index (χ3n) is 11.7. The van der Waals surface area contributed by atoms with Gasteiger partial charge in [0.05, 0.1) is 0 Å². The van der Waals surface area contributed by atoms with E-state index in [1.807, 2.05) is 5.57 Å². The molecule has 0 fully saturated rings. The van der Waals surface area contributed by atoms with Gasteiger partial charge in [-0.1, -0.05) is 0 Å². The van der Waals surface area contributed by atoms with Crippen molar-refractivity contribution in [2.24, 2.45) is 0 Å². The average molecular weight is 1140 g/mol. The van der Waals surface area contributed by atoms with E-state index in [4.69, 9.17) is 0 Å². The third-order valence-corrected chi connectivity index (χ3v) is 35.6. The van der Waals surface area contributed by atoms with Crippen molar-refractivity contribution in [3.8, 4) is 0 Å². The van der Waals surface area contributed by atoms with Gasteiger partial charge in [-0.3, -0.25) is 0 Å². The van der Waals surface area contributed by atoms with E-state index in [0.29, 0.717) is 3.67 Å². The smallest absolute Gasteiger partial charge is 0.147 e. The fourth-order valence-electron chi connectivity index (χ4n) is 9.21. The maximum absolute atomic E-state index is 2.60. The van der Waals surface area contributed by atoms with E-state index in [0.717, 1.165) is 10.1 Å². The second kappa shape index (κ2) is 22.4. The van der Waals surface area contributed by atoms with Crippen LogP contribution in [0.2, 0.25) is 7.35 Å². The number of allylic oxidation sites excluding steroid dienone is 16. The molecule has 0 radical (unpaired) electrons. The zero-order valence-corrected chi connectivity index (χ0v) is 42.2. The molecule has 0 heterocycles. The topological polar surface area (TPSA) is 0 Å². The number of rotatable bonds is 7. The Morgan fingerprint density at radius 3 is 1.33 bits per heavy atom. The standard InChI is InChI=1S/C13H10.2C9H11.C8H8.2C5H5.4ClH.2Hf/c1-3-7-12(8-4-1)11-13-9-5-2-6-10-13;2*1-2-5-9-7-3-6-8(9)4-1;1-2-8-6-4-3-5-7-8;2*1-2-4-5-3-1;;;;;;/h1-10H;2*3,6-7H,1-2,4-5H2;3-7H,1H3;2*1-3H,4H2;4*1H;;. The Balaban J connectivity index is 0.000000232. The number of hydrogen-bond donors (Lipinski definition) is 0. The molecular weight excluding hydrogens is 1090 g/mol. The van der Waals surface area contributed by atoms with Crippen molar-refractivity contribution in [1.29, 1.82) is 0 Å². The Morgan fingerprint density at radius 2 is 0.891 bits per heavy atom. The molecule has 0 spiro atoms. The summed E-state index contributed by atoms with van der Waals surface area (Å²) in [5, 5.41) is 0. The van der Waals surface area contributed by atoms with E-state index in [2.05, 4.69) is 159 Å². The summed E-state index contributed by atoms with van der Waals surface area (Å²) >= 11 is -4.50. The molecule has 6 aliphatic carbocycles. The van der Waals surface area contributed by atoms with E-state index < -0.39 is 41.9 Å². The summed E-state index contributed by atoms with van der Waals surface area (Å²) in [5.74, 6) is 0. The van der Waals surface area contributed by atoms with Crippen LogP contribution >= 0.6 is 49.6 Å². The van der Waals surface area contributed by atoms with Crippen LogP contribution in [0.4, 0.5) is 0 Å². The van der Waals surface area contributed by atoms with Gasteiger partial charge >= 0.3 is 324 Å². The van der Waals surface area contributed by atoms with Gasteiger partial charge in [0.15, 0.2) is 0 Å². The van der Waals surface area contributed by atoms with Gasteiger partial charge in [-0.05, 0) is 0 Å². The summed E-state index contributed by atoms with van der Waals surface area (Å²) in [5.41, 5.74) is 11.4. The molecule has 55 heavy (non-hydrogen) atoms. The molecule has 0 amide bonds. The van der Waals surface area contributed by atoms with E-state index in [1.54, 1.807) is 29.9 Å². The molecule has 0 nitrogen and oxygen atoms in total.